The van der Waals surface area contributed by atoms with Gasteiger partial charge in [-0.05, 0) is 12.2 Å². The Morgan fingerprint density at radius 1 is 1.14 bits per heavy atom. The quantitative estimate of drug-likeness (QED) is 0.477. The van der Waals surface area contributed by atoms with Gasteiger partial charge in [0.25, 0.3) is 0 Å². The van der Waals surface area contributed by atoms with E-state index >= 15 is 0 Å². The van der Waals surface area contributed by atoms with Gasteiger partial charge in [-0.15, -0.1) is 5.56 Å². The smallest absolute Gasteiger partial charge is 1.00 e. The second kappa shape index (κ2) is 7.09. The maximum atomic E-state index is 5.38. The van der Waals surface area contributed by atoms with Crippen LogP contribution in [0.1, 0.15) is 11.7 Å². The molecule has 0 bridgehead atoms. The van der Waals surface area contributed by atoms with Crippen molar-refractivity contribution in [2.24, 2.45) is 0 Å². The van der Waals surface area contributed by atoms with Crippen molar-refractivity contribution in [3.63, 3.8) is 0 Å². The van der Waals surface area contributed by atoms with Crippen molar-refractivity contribution in [3.8, 4) is 0 Å². The molecule has 68 valence electrons. The van der Waals surface area contributed by atoms with Gasteiger partial charge in [-0.3, -0.25) is 0 Å². The first-order chi connectivity index (χ1) is 5.97. The molecule has 0 aliphatic carbocycles. The van der Waals surface area contributed by atoms with Gasteiger partial charge in [0.2, 0.25) is 0 Å². The SMILES string of the molecule is [Br-].[Mg+2].[c-]1ccc(C2C=CC=CO2)cc1. The third kappa shape index (κ3) is 3.48. The molecule has 1 aromatic rings. The summed E-state index contributed by atoms with van der Waals surface area (Å²) in [5, 5.41) is 0. The molecule has 2 rings (SSSR count). The molecule has 0 amide bonds. The minimum atomic E-state index is 0. The van der Waals surface area contributed by atoms with Crippen molar-refractivity contribution < 1.29 is 21.7 Å². The standard InChI is InChI=1S/C11H9O.BrH.Mg/c1-2-6-10(7-3-1)11-8-4-5-9-12-11;;/h2-9,11H;1H;/q-1;;+2/p-1. The third-order valence-electron chi connectivity index (χ3n) is 1.77. The minimum absolute atomic E-state index is 0. The van der Waals surface area contributed by atoms with Crippen LogP contribution in [0, 0.1) is 6.07 Å². The fraction of sp³-hybridized carbons (Fsp3) is 0.0909. The molecule has 0 saturated heterocycles. The van der Waals surface area contributed by atoms with Crippen molar-refractivity contribution in [1.29, 1.82) is 0 Å². The van der Waals surface area contributed by atoms with E-state index in [2.05, 4.69) is 6.07 Å². The van der Waals surface area contributed by atoms with Gasteiger partial charge in [-0.25, -0.2) is 0 Å². The van der Waals surface area contributed by atoms with E-state index < -0.39 is 0 Å². The van der Waals surface area contributed by atoms with Crippen LogP contribution in [0.4, 0.5) is 0 Å². The van der Waals surface area contributed by atoms with E-state index in [1.807, 2.05) is 42.5 Å². The Bertz CT molecular complexity index is 308. The van der Waals surface area contributed by atoms with Crippen LogP contribution in [0.5, 0.6) is 0 Å². The molecule has 1 aliphatic heterocycles. The van der Waals surface area contributed by atoms with Crippen LogP contribution in [0.2, 0.25) is 0 Å². The molecule has 14 heavy (non-hydrogen) atoms. The fourth-order valence-corrected chi connectivity index (χ4v) is 1.16. The number of halogens is 1. The van der Waals surface area contributed by atoms with Crippen molar-refractivity contribution in [2.45, 2.75) is 6.10 Å². The number of rotatable bonds is 1. The van der Waals surface area contributed by atoms with Crippen LogP contribution in [-0.4, -0.2) is 23.1 Å². The third-order valence-corrected chi connectivity index (χ3v) is 1.77. The first kappa shape index (κ1) is 13.7. The molecule has 1 heterocycles. The zero-order chi connectivity index (χ0) is 8.23. The average molecular weight is 261 g/mol. The van der Waals surface area contributed by atoms with Crippen LogP contribution < -0.4 is 17.0 Å². The Hall–Kier alpha value is -0.254. The first-order valence-corrected chi connectivity index (χ1v) is 3.91. The fourth-order valence-electron chi connectivity index (χ4n) is 1.16. The molecule has 1 atom stereocenters. The Balaban J connectivity index is 0.000000845. The van der Waals surface area contributed by atoms with Gasteiger partial charge in [0, 0.05) is 0 Å². The van der Waals surface area contributed by atoms with E-state index in [9.17, 15) is 0 Å². The predicted molar refractivity (Wildman–Crippen MR) is 53.1 cm³/mol. The summed E-state index contributed by atoms with van der Waals surface area (Å²) in [4.78, 5) is 0. The Morgan fingerprint density at radius 2 is 1.86 bits per heavy atom. The molecule has 0 radical (unpaired) electrons. The van der Waals surface area contributed by atoms with Gasteiger partial charge < -0.3 is 21.7 Å². The summed E-state index contributed by atoms with van der Waals surface area (Å²) >= 11 is 0. The largest absolute Gasteiger partial charge is 2.00 e. The monoisotopic (exact) mass is 260 g/mol. The van der Waals surface area contributed by atoms with Crippen molar-refractivity contribution in [3.05, 3.63) is 60.4 Å². The molecule has 0 N–H and O–H groups in total. The number of benzene rings is 1. The second-order valence-corrected chi connectivity index (χ2v) is 2.60. The van der Waals surface area contributed by atoms with E-state index in [0.717, 1.165) is 5.56 Å². The van der Waals surface area contributed by atoms with Crippen LogP contribution in [0.15, 0.2) is 48.8 Å². The Morgan fingerprint density at radius 3 is 2.43 bits per heavy atom. The maximum absolute atomic E-state index is 5.38. The van der Waals surface area contributed by atoms with E-state index in [1.54, 1.807) is 6.26 Å². The summed E-state index contributed by atoms with van der Waals surface area (Å²) < 4.78 is 5.38. The molecular weight excluding hydrogens is 252 g/mol. The second-order valence-electron chi connectivity index (χ2n) is 2.60. The molecule has 1 nitrogen and oxygen atoms in total. The number of hydrogen-bond acceptors (Lipinski definition) is 1. The van der Waals surface area contributed by atoms with Crippen LogP contribution in [0.3, 0.4) is 0 Å². The van der Waals surface area contributed by atoms with E-state index in [1.165, 1.54) is 0 Å². The van der Waals surface area contributed by atoms with Crippen LogP contribution in [-0.2, 0) is 4.74 Å². The van der Waals surface area contributed by atoms with Gasteiger partial charge in [-0.2, -0.15) is 30.3 Å². The van der Waals surface area contributed by atoms with E-state index in [0.29, 0.717) is 0 Å². The molecular formula is C11H9BrMgO. The molecule has 1 aliphatic rings. The number of hydrogen-bond donors (Lipinski definition) is 0. The van der Waals surface area contributed by atoms with Crippen molar-refractivity contribution in [2.75, 3.05) is 0 Å². The molecule has 0 spiro atoms. The summed E-state index contributed by atoms with van der Waals surface area (Å²) in [5.74, 6) is 0. The van der Waals surface area contributed by atoms with Crippen LogP contribution in [0.25, 0.3) is 0 Å². The maximum Gasteiger partial charge on any atom is 2.00 e. The van der Waals surface area contributed by atoms with E-state index in [4.69, 9.17) is 4.74 Å². The van der Waals surface area contributed by atoms with Crippen LogP contribution >= 0.6 is 0 Å². The van der Waals surface area contributed by atoms with Gasteiger partial charge in [0.15, 0.2) is 0 Å². The van der Waals surface area contributed by atoms with Gasteiger partial charge in [-0.1, -0.05) is 6.08 Å². The minimum Gasteiger partial charge on any atom is -1.00 e. The summed E-state index contributed by atoms with van der Waals surface area (Å²) in [6.07, 6.45) is 7.68. The molecule has 0 saturated carbocycles. The topological polar surface area (TPSA) is 9.23 Å². The number of allylic oxidation sites excluding steroid dienone is 2. The zero-order valence-electron chi connectivity index (χ0n) is 7.69. The zero-order valence-corrected chi connectivity index (χ0v) is 10.7. The molecule has 1 aromatic carbocycles. The predicted octanol–water partition coefficient (Wildman–Crippen LogP) is -0.749. The molecule has 0 fully saturated rings. The summed E-state index contributed by atoms with van der Waals surface area (Å²) in [5.41, 5.74) is 1.16. The number of ether oxygens (including phenoxy) is 1. The first-order valence-electron chi connectivity index (χ1n) is 3.91. The van der Waals surface area contributed by atoms with E-state index in [-0.39, 0.29) is 46.1 Å². The summed E-state index contributed by atoms with van der Waals surface area (Å²) in [7, 11) is 0. The van der Waals surface area contributed by atoms with Gasteiger partial charge in [0.05, 0.1) is 6.26 Å². The van der Waals surface area contributed by atoms with Crippen molar-refractivity contribution >= 4 is 23.1 Å². The van der Waals surface area contributed by atoms with Crippen molar-refractivity contribution in [1.82, 2.24) is 0 Å². The average Bonchev–Trinajstić information content (AvgIpc) is 2.21. The molecule has 1 unspecified atom stereocenters. The summed E-state index contributed by atoms with van der Waals surface area (Å²) in [6, 6.07) is 10.8. The summed E-state index contributed by atoms with van der Waals surface area (Å²) in [6.45, 7) is 0. The Kier molecular flexibility index (Phi) is 6.96. The molecule has 3 heteroatoms. The Labute approximate surface area is 111 Å². The normalized spacial score (nSPS) is 17.6. The van der Waals surface area contributed by atoms with Gasteiger partial charge >= 0.3 is 23.1 Å². The molecule has 0 aromatic heterocycles. The van der Waals surface area contributed by atoms with Gasteiger partial charge in [0.1, 0.15) is 6.10 Å².